The highest BCUT2D eigenvalue weighted by Crippen LogP contribution is 2.35. The zero-order chi connectivity index (χ0) is 30.6. The molecule has 0 rings (SSSR count). The molecule has 1 unspecified atom stereocenters. The van der Waals surface area contributed by atoms with Crippen LogP contribution in [-0.4, -0.2) is 16.4 Å². The Kier molecular flexibility index (Phi) is 21.0. The molecule has 5 heteroatoms. The molecule has 40 heavy (non-hydrogen) atoms. The smallest absolute Gasteiger partial charge is 0.303 e. The van der Waals surface area contributed by atoms with Crippen LogP contribution in [0.3, 0.4) is 0 Å². The van der Waals surface area contributed by atoms with Gasteiger partial charge in [0.15, 0.2) is 0 Å². The number of rotatable bonds is 20. The van der Waals surface area contributed by atoms with E-state index in [-0.39, 0.29) is 6.61 Å². The first-order chi connectivity index (χ1) is 18.7. The molecule has 2 N–H and O–H groups in total. The predicted octanol–water partition coefficient (Wildman–Crippen LogP) is 11.3. The number of allylic oxidation sites excluding steroid dienone is 13. The molecule has 0 amide bonds. The van der Waals surface area contributed by atoms with Gasteiger partial charge in [0.2, 0.25) is 0 Å². The van der Waals surface area contributed by atoms with Crippen molar-refractivity contribution in [1.82, 2.24) is 0 Å². The van der Waals surface area contributed by atoms with Gasteiger partial charge in [0.05, 0.1) is 6.61 Å². The van der Waals surface area contributed by atoms with E-state index in [2.05, 4.69) is 96.4 Å². The van der Waals surface area contributed by atoms with Crippen LogP contribution in [-0.2, 0) is 9.09 Å². The van der Waals surface area contributed by atoms with Gasteiger partial charge in [0.1, 0.15) is 0 Å². The standard InChI is InChI=1S/C35H59O4P/c1-28(2)14-10-16-30(5)17-12-18-31(6)19-13-20-32(7)22-24-35(34(9)21-11-15-29(3)4)25-23-33(8)26-27-39-40(36,37)38/h14-15,17,19,22,25-26,34H,10-13,16,18,20-21,23-24,27H2,1-9H3,(H2,36,37,38)/b30-17+,31-19+,32-22+,33-26+,35-25+. The van der Waals surface area contributed by atoms with Crippen LogP contribution in [0.1, 0.15) is 127 Å². The zero-order valence-electron chi connectivity index (χ0n) is 27.1. The second-order valence-corrected chi connectivity index (χ2v) is 13.1. The Morgan fingerprint density at radius 2 is 1.10 bits per heavy atom. The van der Waals surface area contributed by atoms with Crippen molar-refractivity contribution in [3.63, 3.8) is 0 Å². The maximum absolute atomic E-state index is 10.9. The summed E-state index contributed by atoms with van der Waals surface area (Å²) in [4.78, 5) is 17.8. The summed E-state index contributed by atoms with van der Waals surface area (Å²) >= 11 is 0. The summed E-state index contributed by atoms with van der Waals surface area (Å²) in [6.45, 7) is 19.5. The lowest BCUT2D eigenvalue weighted by Crippen LogP contribution is -2.00. The largest absolute Gasteiger partial charge is 0.469 e. The molecule has 0 aliphatic heterocycles. The van der Waals surface area contributed by atoms with Crippen LogP contribution < -0.4 is 0 Å². The highest BCUT2D eigenvalue weighted by Gasteiger charge is 2.12. The van der Waals surface area contributed by atoms with Gasteiger partial charge < -0.3 is 9.79 Å². The van der Waals surface area contributed by atoms with Gasteiger partial charge in [0.25, 0.3) is 0 Å². The molecule has 0 spiro atoms. The lowest BCUT2D eigenvalue weighted by molar-refractivity contribution is 0.215. The van der Waals surface area contributed by atoms with E-state index in [1.807, 2.05) is 6.92 Å². The number of hydrogen-bond acceptors (Lipinski definition) is 2. The van der Waals surface area contributed by atoms with Crippen molar-refractivity contribution in [2.75, 3.05) is 6.61 Å². The van der Waals surface area contributed by atoms with Crippen LogP contribution in [0.5, 0.6) is 0 Å². The molecular weight excluding hydrogens is 515 g/mol. The van der Waals surface area contributed by atoms with Gasteiger partial charge in [-0.15, -0.1) is 0 Å². The molecule has 228 valence electrons. The topological polar surface area (TPSA) is 66.8 Å². The summed E-state index contributed by atoms with van der Waals surface area (Å²) in [5, 5.41) is 0. The van der Waals surface area contributed by atoms with E-state index in [1.165, 1.54) is 33.4 Å². The van der Waals surface area contributed by atoms with Gasteiger partial charge in [-0.25, -0.2) is 4.57 Å². The van der Waals surface area contributed by atoms with E-state index in [1.54, 1.807) is 6.08 Å². The molecule has 0 aromatic carbocycles. The quantitative estimate of drug-likeness (QED) is 0.112. The Labute approximate surface area is 247 Å². The van der Waals surface area contributed by atoms with Gasteiger partial charge in [-0.3, -0.25) is 4.52 Å². The SMILES string of the molecule is CC(C)=CCC/C(C)=C/CC/C(C)=C/CC/C(C)=C/C/C(=C\C/C(C)=C/COP(=O)(O)O)C(C)CCC=C(C)C. The van der Waals surface area contributed by atoms with Crippen LogP contribution in [0, 0.1) is 5.92 Å². The Morgan fingerprint density at radius 1 is 0.625 bits per heavy atom. The van der Waals surface area contributed by atoms with Crippen LogP contribution >= 0.6 is 7.82 Å². The van der Waals surface area contributed by atoms with Gasteiger partial charge in [-0.2, -0.15) is 0 Å². The molecule has 0 radical (unpaired) electrons. The fraction of sp³-hybridized carbons (Fsp3) is 0.600. The molecule has 0 aliphatic carbocycles. The van der Waals surface area contributed by atoms with Gasteiger partial charge in [-0.05, 0) is 126 Å². The maximum atomic E-state index is 10.9. The van der Waals surface area contributed by atoms with Crippen molar-refractivity contribution in [2.45, 2.75) is 127 Å². The third kappa shape index (κ3) is 24.1. The number of phosphoric acid groups is 1. The molecule has 0 saturated carbocycles. The Morgan fingerprint density at radius 3 is 1.60 bits per heavy atom. The minimum atomic E-state index is -4.43. The molecule has 0 saturated heterocycles. The number of hydrogen-bond donors (Lipinski definition) is 2. The molecule has 0 aromatic rings. The first kappa shape index (κ1) is 38.3. The van der Waals surface area contributed by atoms with E-state index in [4.69, 9.17) is 9.79 Å². The summed E-state index contributed by atoms with van der Waals surface area (Å²) in [5.74, 6) is 0.472. The van der Waals surface area contributed by atoms with Gasteiger partial charge in [-0.1, -0.05) is 88.5 Å². The van der Waals surface area contributed by atoms with E-state index < -0.39 is 7.82 Å². The van der Waals surface area contributed by atoms with Crippen molar-refractivity contribution in [1.29, 1.82) is 0 Å². The molecule has 1 atom stereocenters. The average molecular weight is 575 g/mol. The lowest BCUT2D eigenvalue weighted by atomic mass is 9.90. The predicted molar refractivity (Wildman–Crippen MR) is 175 cm³/mol. The van der Waals surface area contributed by atoms with Crippen LogP contribution in [0.4, 0.5) is 0 Å². The minimum Gasteiger partial charge on any atom is -0.303 e. The normalized spacial score (nSPS) is 14.8. The third-order valence-electron chi connectivity index (χ3n) is 6.99. The van der Waals surface area contributed by atoms with E-state index in [0.29, 0.717) is 5.92 Å². The molecule has 0 heterocycles. The zero-order valence-corrected chi connectivity index (χ0v) is 27.9. The van der Waals surface area contributed by atoms with Crippen molar-refractivity contribution in [3.8, 4) is 0 Å². The van der Waals surface area contributed by atoms with Crippen molar-refractivity contribution >= 4 is 7.82 Å². The van der Waals surface area contributed by atoms with E-state index in [0.717, 1.165) is 69.8 Å². The molecule has 0 fully saturated rings. The Bertz CT molecular complexity index is 990. The molecule has 4 nitrogen and oxygen atoms in total. The summed E-state index contributed by atoms with van der Waals surface area (Å²) in [7, 11) is -4.43. The summed E-state index contributed by atoms with van der Waals surface area (Å²) < 4.78 is 15.5. The lowest BCUT2D eigenvalue weighted by Gasteiger charge is -2.15. The van der Waals surface area contributed by atoms with Crippen molar-refractivity contribution < 1.29 is 18.9 Å². The first-order valence-corrected chi connectivity index (χ1v) is 16.5. The van der Waals surface area contributed by atoms with Crippen molar-refractivity contribution in [3.05, 3.63) is 81.5 Å². The fourth-order valence-electron chi connectivity index (χ4n) is 4.22. The summed E-state index contributed by atoms with van der Waals surface area (Å²) in [6.07, 6.45) is 26.4. The first-order valence-electron chi connectivity index (χ1n) is 15.0. The average Bonchev–Trinajstić information content (AvgIpc) is 2.82. The van der Waals surface area contributed by atoms with Gasteiger partial charge in [0, 0.05) is 0 Å². The monoisotopic (exact) mass is 574 g/mol. The molecular formula is C35H59O4P. The molecule has 0 aliphatic rings. The summed E-state index contributed by atoms with van der Waals surface area (Å²) in [6, 6.07) is 0. The van der Waals surface area contributed by atoms with Gasteiger partial charge >= 0.3 is 7.82 Å². The van der Waals surface area contributed by atoms with Crippen LogP contribution in [0.25, 0.3) is 0 Å². The Hall–Kier alpha value is -1.71. The second-order valence-electron chi connectivity index (χ2n) is 11.8. The fourth-order valence-corrected chi connectivity index (χ4v) is 4.49. The highest BCUT2D eigenvalue weighted by molar-refractivity contribution is 7.46. The van der Waals surface area contributed by atoms with E-state index >= 15 is 0 Å². The minimum absolute atomic E-state index is 0.0759. The van der Waals surface area contributed by atoms with E-state index in [9.17, 15) is 4.57 Å². The second kappa shape index (κ2) is 22.0. The summed E-state index contributed by atoms with van der Waals surface area (Å²) in [5.41, 5.74) is 9.59. The Balaban J connectivity index is 5.00. The van der Waals surface area contributed by atoms with Crippen LogP contribution in [0.2, 0.25) is 0 Å². The maximum Gasteiger partial charge on any atom is 0.469 e. The molecule has 0 bridgehead atoms. The number of phosphoric ester groups is 1. The highest BCUT2D eigenvalue weighted by atomic mass is 31.2. The van der Waals surface area contributed by atoms with Crippen LogP contribution in [0.15, 0.2) is 81.5 Å². The van der Waals surface area contributed by atoms with Crippen molar-refractivity contribution in [2.24, 2.45) is 5.92 Å². The molecule has 0 aromatic heterocycles. The third-order valence-corrected chi connectivity index (χ3v) is 7.47.